The molecule has 0 spiro atoms. The number of nitrogens with zero attached hydrogens (tertiary/aromatic N) is 1. The van der Waals surface area contributed by atoms with Crippen LogP contribution in [0.2, 0.25) is 0 Å². The van der Waals surface area contributed by atoms with Gasteiger partial charge in [0.1, 0.15) is 18.1 Å². The molecule has 14 heteroatoms. The van der Waals surface area contributed by atoms with E-state index in [4.69, 9.17) is 17.2 Å². The summed E-state index contributed by atoms with van der Waals surface area (Å²) in [7, 11) is 0. The van der Waals surface area contributed by atoms with Crippen molar-refractivity contribution < 1.29 is 29.1 Å². The van der Waals surface area contributed by atoms with Crippen molar-refractivity contribution in [3.8, 4) is 0 Å². The fraction of sp³-hybridized carbons (Fsp3) is 0.619. The number of hydrogen-bond donors (Lipinski definition) is 8. The summed E-state index contributed by atoms with van der Waals surface area (Å²) in [4.78, 5) is 67.6. The van der Waals surface area contributed by atoms with Gasteiger partial charge < -0.3 is 43.2 Å². The number of carboxylic acids is 1. The van der Waals surface area contributed by atoms with Crippen LogP contribution < -0.4 is 33.2 Å². The third-order valence-electron chi connectivity index (χ3n) is 5.18. The number of nitrogens with one attached hydrogen (secondary N) is 4. The molecule has 0 aromatic carbocycles. The molecule has 0 fully saturated rings. The molecule has 0 aliphatic carbocycles. The van der Waals surface area contributed by atoms with Gasteiger partial charge in [0, 0.05) is 18.3 Å². The number of carboxylic acid groups (broad SMARTS) is 1. The molecule has 35 heavy (non-hydrogen) atoms. The topological polar surface area (TPSA) is 248 Å². The SMILES string of the molecule is CC(C)C(NC(=O)C(N)CC(N)=O)C(=O)NC(CCCCN)C(=O)NC(Cc1cnc[nH]1)C(=O)O. The summed E-state index contributed by atoms with van der Waals surface area (Å²) in [6.07, 6.45) is 3.69. The normalized spacial score (nSPS) is 14.4. The van der Waals surface area contributed by atoms with Crippen LogP contribution in [-0.2, 0) is 30.4 Å². The van der Waals surface area contributed by atoms with Gasteiger partial charge >= 0.3 is 5.97 Å². The molecule has 1 aromatic heterocycles. The van der Waals surface area contributed by atoms with Crippen molar-refractivity contribution in [1.82, 2.24) is 25.9 Å². The van der Waals surface area contributed by atoms with Crippen molar-refractivity contribution in [2.24, 2.45) is 23.1 Å². The van der Waals surface area contributed by atoms with Gasteiger partial charge in [-0.05, 0) is 31.7 Å². The van der Waals surface area contributed by atoms with Crippen LogP contribution in [-0.4, -0.2) is 75.4 Å². The minimum absolute atomic E-state index is 0.0348. The van der Waals surface area contributed by atoms with Gasteiger partial charge in [-0.15, -0.1) is 0 Å². The number of aromatic nitrogens is 2. The van der Waals surface area contributed by atoms with Gasteiger partial charge in [-0.3, -0.25) is 19.2 Å². The van der Waals surface area contributed by atoms with E-state index in [-0.39, 0.29) is 18.8 Å². The van der Waals surface area contributed by atoms with E-state index in [1.807, 2.05) is 0 Å². The number of aromatic amines is 1. The number of carbonyl (C=O) groups is 5. The molecular weight excluding hydrogens is 460 g/mol. The lowest BCUT2D eigenvalue weighted by molar-refractivity contribution is -0.142. The highest BCUT2D eigenvalue weighted by Crippen LogP contribution is 2.08. The highest BCUT2D eigenvalue weighted by atomic mass is 16.4. The Bertz CT molecular complexity index is 860. The second-order valence-electron chi connectivity index (χ2n) is 8.53. The predicted octanol–water partition coefficient (Wildman–Crippen LogP) is -2.52. The summed E-state index contributed by atoms with van der Waals surface area (Å²) in [6, 6.07) is -4.63. The van der Waals surface area contributed by atoms with Gasteiger partial charge in [0.2, 0.25) is 23.6 Å². The third kappa shape index (κ3) is 10.5. The minimum atomic E-state index is -1.26. The summed E-state index contributed by atoms with van der Waals surface area (Å²) in [5.74, 6) is -4.50. The number of hydrogen-bond acceptors (Lipinski definition) is 8. The van der Waals surface area contributed by atoms with Crippen LogP contribution in [0.3, 0.4) is 0 Å². The third-order valence-corrected chi connectivity index (χ3v) is 5.18. The molecule has 1 rings (SSSR count). The zero-order valence-electron chi connectivity index (χ0n) is 20.0. The van der Waals surface area contributed by atoms with Gasteiger partial charge in [0.15, 0.2) is 0 Å². The van der Waals surface area contributed by atoms with Gasteiger partial charge in [-0.25, -0.2) is 9.78 Å². The van der Waals surface area contributed by atoms with E-state index in [2.05, 4.69) is 25.9 Å². The van der Waals surface area contributed by atoms with Crippen LogP contribution in [0.1, 0.15) is 45.2 Å². The molecule has 0 saturated heterocycles. The molecule has 0 bridgehead atoms. The highest BCUT2D eigenvalue weighted by Gasteiger charge is 2.32. The number of amides is 4. The second kappa shape index (κ2) is 14.7. The van der Waals surface area contributed by atoms with E-state index in [9.17, 15) is 29.1 Å². The smallest absolute Gasteiger partial charge is 0.326 e. The maximum atomic E-state index is 13.0. The first-order valence-electron chi connectivity index (χ1n) is 11.3. The number of nitrogens with two attached hydrogens (primary N) is 3. The molecule has 4 amide bonds. The molecule has 0 radical (unpaired) electrons. The number of aliphatic carboxylic acids is 1. The Morgan fingerprint density at radius 1 is 1.03 bits per heavy atom. The fourth-order valence-corrected chi connectivity index (χ4v) is 3.22. The molecule has 0 aliphatic heterocycles. The highest BCUT2D eigenvalue weighted by molar-refractivity contribution is 5.95. The molecule has 1 aromatic rings. The fourth-order valence-electron chi connectivity index (χ4n) is 3.22. The van der Waals surface area contributed by atoms with Gasteiger partial charge in [0.25, 0.3) is 0 Å². The molecular formula is C21H36N8O6. The molecule has 0 saturated carbocycles. The van der Waals surface area contributed by atoms with E-state index < -0.39 is 60.2 Å². The van der Waals surface area contributed by atoms with Crippen molar-refractivity contribution in [2.75, 3.05) is 6.54 Å². The molecule has 0 aliphatic rings. The number of imidazole rings is 1. The molecule has 14 nitrogen and oxygen atoms in total. The first-order valence-corrected chi connectivity index (χ1v) is 11.3. The van der Waals surface area contributed by atoms with E-state index in [0.29, 0.717) is 25.1 Å². The van der Waals surface area contributed by atoms with Crippen molar-refractivity contribution in [3.63, 3.8) is 0 Å². The maximum absolute atomic E-state index is 13.0. The van der Waals surface area contributed by atoms with Crippen LogP contribution >= 0.6 is 0 Å². The molecule has 11 N–H and O–H groups in total. The van der Waals surface area contributed by atoms with E-state index in [1.165, 1.54) is 12.5 Å². The Labute approximate surface area is 203 Å². The van der Waals surface area contributed by atoms with E-state index in [1.54, 1.807) is 13.8 Å². The summed E-state index contributed by atoms with van der Waals surface area (Å²) < 4.78 is 0. The summed E-state index contributed by atoms with van der Waals surface area (Å²) in [5.41, 5.74) is 16.8. The predicted molar refractivity (Wildman–Crippen MR) is 125 cm³/mol. The number of H-pyrrole nitrogens is 1. The molecule has 4 atom stereocenters. The zero-order valence-corrected chi connectivity index (χ0v) is 20.0. The molecule has 4 unspecified atom stereocenters. The monoisotopic (exact) mass is 496 g/mol. The lowest BCUT2D eigenvalue weighted by atomic mass is 10.0. The summed E-state index contributed by atoms with van der Waals surface area (Å²) >= 11 is 0. The zero-order chi connectivity index (χ0) is 26.5. The average molecular weight is 497 g/mol. The van der Waals surface area contributed by atoms with Crippen LogP contribution in [0.5, 0.6) is 0 Å². The second-order valence-corrected chi connectivity index (χ2v) is 8.53. The number of unbranched alkanes of at least 4 members (excludes halogenated alkanes) is 1. The first kappa shape index (κ1) is 29.5. The largest absolute Gasteiger partial charge is 0.480 e. The Morgan fingerprint density at radius 3 is 2.20 bits per heavy atom. The Kier molecular flexibility index (Phi) is 12.4. The number of rotatable bonds is 16. The molecule has 1 heterocycles. The van der Waals surface area contributed by atoms with Gasteiger partial charge in [-0.1, -0.05) is 13.8 Å². The lowest BCUT2D eigenvalue weighted by Crippen LogP contribution is -2.58. The van der Waals surface area contributed by atoms with Gasteiger partial charge in [0.05, 0.1) is 18.8 Å². The van der Waals surface area contributed by atoms with E-state index in [0.717, 1.165) is 0 Å². The Morgan fingerprint density at radius 2 is 1.69 bits per heavy atom. The van der Waals surface area contributed by atoms with Crippen LogP contribution in [0.15, 0.2) is 12.5 Å². The standard InChI is InChI=1S/C21H36N8O6/c1-11(2)17(29-18(31)13(23)8-16(24)30)20(33)27-14(5-3-4-6-22)19(32)28-15(21(34)35)7-12-9-25-10-26-12/h9-11,13-15,17H,3-8,22-23H2,1-2H3,(H2,24,30)(H,25,26)(H,27,33)(H,28,32)(H,29,31)(H,34,35). The Hall–Kier alpha value is -3.52. The van der Waals surface area contributed by atoms with Crippen LogP contribution in [0.25, 0.3) is 0 Å². The molecule has 196 valence electrons. The van der Waals surface area contributed by atoms with Crippen LogP contribution in [0, 0.1) is 5.92 Å². The Balaban J connectivity index is 2.95. The van der Waals surface area contributed by atoms with Crippen molar-refractivity contribution in [3.05, 3.63) is 18.2 Å². The number of primary amides is 1. The van der Waals surface area contributed by atoms with Gasteiger partial charge in [-0.2, -0.15) is 0 Å². The number of carbonyl (C=O) groups excluding carboxylic acids is 4. The quantitative estimate of drug-likeness (QED) is 0.112. The summed E-state index contributed by atoms with van der Waals surface area (Å²) in [6.45, 7) is 3.74. The maximum Gasteiger partial charge on any atom is 0.326 e. The van der Waals surface area contributed by atoms with Crippen molar-refractivity contribution >= 4 is 29.6 Å². The van der Waals surface area contributed by atoms with Crippen molar-refractivity contribution in [1.29, 1.82) is 0 Å². The average Bonchev–Trinajstić information content (AvgIpc) is 3.28. The first-order chi connectivity index (χ1) is 16.5. The summed E-state index contributed by atoms with van der Waals surface area (Å²) in [5, 5.41) is 17.0. The van der Waals surface area contributed by atoms with Crippen molar-refractivity contribution in [2.45, 2.75) is 70.1 Å². The van der Waals surface area contributed by atoms with E-state index >= 15 is 0 Å². The minimum Gasteiger partial charge on any atom is -0.480 e. The van der Waals surface area contributed by atoms with Crippen LogP contribution in [0.4, 0.5) is 0 Å². The lowest BCUT2D eigenvalue weighted by Gasteiger charge is -2.27.